The Labute approximate surface area is 419 Å². The van der Waals surface area contributed by atoms with Gasteiger partial charge in [-0.1, -0.05) is 143 Å². The highest BCUT2D eigenvalue weighted by molar-refractivity contribution is 5.88. The summed E-state index contributed by atoms with van der Waals surface area (Å²) in [6, 6.07) is 25.3. The van der Waals surface area contributed by atoms with Crippen LogP contribution in [0.5, 0.6) is 34.5 Å². The lowest BCUT2D eigenvalue weighted by molar-refractivity contribution is 0.304. The Morgan fingerprint density at radius 3 is 1.36 bits per heavy atom. The number of phenolic OH excluding ortho intramolecular Hbond substituents is 2. The Morgan fingerprint density at radius 1 is 0.514 bits per heavy atom. The highest BCUT2D eigenvalue weighted by atomic mass is 16.5. The predicted molar refractivity (Wildman–Crippen MR) is 289 cm³/mol. The molecule has 0 aromatic heterocycles. The maximum Gasteiger partial charge on any atom is 0.128 e. The van der Waals surface area contributed by atoms with Gasteiger partial charge >= 0.3 is 0 Å². The summed E-state index contributed by atoms with van der Waals surface area (Å²) < 4.78 is 27.0. The van der Waals surface area contributed by atoms with E-state index < -0.39 is 0 Å². The molecular formula is C62H80N2O6. The van der Waals surface area contributed by atoms with Crippen LogP contribution in [0.25, 0.3) is 0 Å². The maximum absolute atomic E-state index is 12.4. The summed E-state index contributed by atoms with van der Waals surface area (Å²) in [6.45, 7) is 23.9. The first kappa shape index (κ1) is 52.1. The molecule has 0 heterocycles. The van der Waals surface area contributed by atoms with E-state index in [-0.39, 0.29) is 34.4 Å². The van der Waals surface area contributed by atoms with E-state index in [1.165, 1.54) is 0 Å². The SMILES string of the molecule is CCCOc1c2cccc1Cc1cccc(c1OCCC)Cc1c(C=N[C@@H]3CCCC[C@H]3N=Cc3cc(C(C)(C)C)cc(C(C)(C)C)c3O)c(O)cc(c1OCCC)Cc1cccc(c1OCCC)C2. The van der Waals surface area contributed by atoms with Gasteiger partial charge in [-0.15, -0.1) is 0 Å². The Balaban J connectivity index is 1.40. The van der Waals surface area contributed by atoms with Crippen molar-refractivity contribution in [2.24, 2.45) is 9.98 Å². The number of fused-ring (bicyclic) bond motifs is 8. The van der Waals surface area contributed by atoms with Gasteiger partial charge in [0, 0.05) is 65.9 Å². The van der Waals surface area contributed by atoms with E-state index in [0.29, 0.717) is 57.7 Å². The number of aromatic hydroxyl groups is 2. The van der Waals surface area contributed by atoms with Crippen LogP contribution in [0.1, 0.15) is 187 Å². The third-order valence-corrected chi connectivity index (χ3v) is 13.6. The topological polar surface area (TPSA) is 102 Å². The second-order valence-corrected chi connectivity index (χ2v) is 21.5. The summed E-state index contributed by atoms with van der Waals surface area (Å²) in [6.07, 6.45) is 13.2. The predicted octanol–water partition coefficient (Wildman–Crippen LogP) is 14.4. The lowest BCUT2D eigenvalue weighted by Crippen LogP contribution is -2.27. The molecule has 5 aromatic rings. The van der Waals surface area contributed by atoms with E-state index in [4.69, 9.17) is 28.9 Å². The van der Waals surface area contributed by atoms with Crippen LogP contribution in [0.2, 0.25) is 0 Å². The Kier molecular flexibility index (Phi) is 17.4. The summed E-state index contributed by atoms with van der Waals surface area (Å²) in [5, 5.41) is 24.1. The average molecular weight is 949 g/mol. The smallest absolute Gasteiger partial charge is 0.128 e. The molecule has 374 valence electrons. The molecule has 7 rings (SSSR count). The van der Waals surface area contributed by atoms with Crippen LogP contribution in [0.3, 0.4) is 0 Å². The summed E-state index contributed by atoms with van der Waals surface area (Å²) >= 11 is 0. The first-order valence-electron chi connectivity index (χ1n) is 26.3. The second-order valence-electron chi connectivity index (χ2n) is 21.5. The van der Waals surface area contributed by atoms with E-state index in [1.54, 1.807) is 0 Å². The molecule has 0 radical (unpaired) electrons. The number of hydrogen-bond donors (Lipinski definition) is 2. The zero-order chi connectivity index (χ0) is 50.0. The summed E-state index contributed by atoms with van der Waals surface area (Å²) in [5.41, 5.74) is 11.3. The van der Waals surface area contributed by atoms with Gasteiger partial charge in [-0.2, -0.15) is 0 Å². The average Bonchev–Trinajstić information content (AvgIpc) is 3.32. The van der Waals surface area contributed by atoms with Crippen LogP contribution in [0, 0.1) is 0 Å². The van der Waals surface area contributed by atoms with Crippen molar-refractivity contribution < 1.29 is 29.2 Å². The van der Waals surface area contributed by atoms with Gasteiger partial charge < -0.3 is 29.2 Å². The van der Waals surface area contributed by atoms with Gasteiger partial charge in [0.1, 0.15) is 34.5 Å². The standard InChI is InChI=1S/C62H80N2O6/c1-11-28-67-57-41-20-17-21-42(57)33-44-23-19-25-46(59(44)69-30-13-3)36-50-51(55(65)37-47(60(50)70-31-14-4)34-45-24-18-22-43(32-41)58(45)68-29-12-2)40-64-54-27-16-15-26-53(54)63-39-48-35-49(61(5,6)7)38-52(56(48)66)62(8,9)10/h17-25,35,37-40,53-54,65-66H,11-16,26-34,36H2,1-10H3/t53-,54-/m1/s1. The normalized spacial score (nSPS) is 16.4. The van der Waals surface area contributed by atoms with Gasteiger partial charge in [0.15, 0.2) is 0 Å². The molecule has 0 amide bonds. The van der Waals surface area contributed by atoms with Gasteiger partial charge in [-0.25, -0.2) is 0 Å². The number of aliphatic imine (C=N–C) groups is 2. The first-order valence-corrected chi connectivity index (χ1v) is 26.3. The van der Waals surface area contributed by atoms with Gasteiger partial charge in [-0.3, -0.25) is 9.98 Å². The third-order valence-electron chi connectivity index (χ3n) is 13.6. The van der Waals surface area contributed by atoms with E-state index in [0.717, 1.165) is 136 Å². The largest absolute Gasteiger partial charge is 0.507 e. The first-order chi connectivity index (χ1) is 33.6. The van der Waals surface area contributed by atoms with Crippen LogP contribution in [-0.4, -0.2) is 61.2 Å². The number of ether oxygens (including phenoxy) is 4. The quantitative estimate of drug-likeness (QED) is 0.0937. The number of para-hydroxylation sites is 3. The molecule has 0 spiro atoms. The summed E-state index contributed by atoms with van der Waals surface area (Å²) in [7, 11) is 0. The molecule has 2 aliphatic carbocycles. The number of rotatable bonds is 16. The maximum atomic E-state index is 12.4. The fourth-order valence-corrected chi connectivity index (χ4v) is 9.88. The molecule has 70 heavy (non-hydrogen) atoms. The Morgan fingerprint density at radius 2 is 0.929 bits per heavy atom. The molecule has 2 atom stereocenters. The van der Waals surface area contributed by atoms with Gasteiger partial charge in [0.2, 0.25) is 0 Å². The fourth-order valence-electron chi connectivity index (χ4n) is 9.88. The van der Waals surface area contributed by atoms with Crippen molar-refractivity contribution in [1.29, 1.82) is 0 Å². The highest BCUT2D eigenvalue weighted by Gasteiger charge is 2.29. The van der Waals surface area contributed by atoms with Gasteiger partial charge in [-0.05, 0) is 100 Å². The van der Waals surface area contributed by atoms with Crippen LogP contribution in [0.15, 0.2) is 82.8 Å². The summed E-state index contributed by atoms with van der Waals surface area (Å²) in [4.78, 5) is 10.6. The lowest BCUT2D eigenvalue weighted by Gasteiger charge is -2.28. The molecule has 8 bridgehead atoms. The van der Waals surface area contributed by atoms with Crippen LogP contribution in [-0.2, 0) is 36.5 Å². The van der Waals surface area contributed by atoms with E-state index >= 15 is 0 Å². The minimum atomic E-state index is -0.243. The van der Waals surface area contributed by atoms with Crippen molar-refractivity contribution >= 4 is 12.4 Å². The molecule has 0 unspecified atom stereocenters. The molecule has 8 nitrogen and oxygen atoms in total. The number of benzene rings is 5. The third kappa shape index (κ3) is 12.4. The summed E-state index contributed by atoms with van der Waals surface area (Å²) in [5.74, 6) is 3.85. The van der Waals surface area contributed by atoms with Crippen molar-refractivity contribution in [3.05, 3.63) is 140 Å². The number of nitrogens with zero attached hydrogens (tertiary/aromatic N) is 2. The lowest BCUT2D eigenvalue weighted by atomic mass is 9.79. The molecule has 2 aliphatic rings. The molecular weight excluding hydrogens is 869 g/mol. The van der Waals surface area contributed by atoms with E-state index in [2.05, 4.69) is 136 Å². The second kappa shape index (κ2) is 23.4. The van der Waals surface area contributed by atoms with Crippen molar-refractivity contribution in [1.82, 2.24) is 0 Å². The van der Waals surface area contributed by atoms with E-state index in [1.807, 2.05) is 18.5 Å². The van der Waals surface area contributed by atoms with Gasteiger partial charge in [0.05, 0.1) is 38.5 Å². The minimum Gasteiger partial charge on any atom is -0.507 e. The Bertz CT molecular complexity index is 2630. The van der Waals surface area contributed by atoms with Crippen LogP contribution in [0.4, 0.5) is 0 Å². The van der Waals surface area contributed by atoms with E-state index in [9.17, 15) is 10.2 Å². The van der Waals surface area contributed by atoms with Crippen molar-refractivity contribution in [2.75, 3.05) is 26.4 Å². The molecule has 0 saturated heterocycles. The van der Waals surface area contributed by atoms with Crippen molar-refractivity contribution in [3.63, 3.8) is 0 Å². The number of phenols is 2. The highest BCUT2D eigenvalue weighted by Crippen LogP contribution is 2.43. The van der Waals surface area contributed by atoms with Crippen molar-refractivity contribution in [3.8, 4) is 34.5 Å². The zero-order valence-corrected chi connectivity index (χ0v) is 44.0. The van der Waals surface area contributed by atoms with Crippen LogP contribution >= 0.6 is 0 Å². The molecule has 5 aromatic carbocycles. The molecule has 1 fully saturated rings. The Hall–Kier alpha value is -5.76. The number of hydrogen-bond acceptors (Lipinski definition) is 8. The fraction of sp³-hybridized carbons (Fsp3) is 0.484. The minimum absolute atomic E-state index is 0.0933. The van der Waals surface area contributed by atoms with Crippen LogP contribution < -0.4 is 18.9 Å². The molecule has 0 aliphatic heterocycles. The molecule has 8 heteroatoms. The van der Waals surface area contributed by atoms with Crippen molar-refractivity contribution in [2.45, 2.75) is 169 Å². The molecule has 2 N–H and O–H groups in total. The monoisotopic (exact) mass is 949 g/mol. The molecule has 1 saturated carbocycles. The van der Waals surface area contributed by atoms with Gasteiger partial charge in [0.25, 0.3) is 0 Å². The zero-order valence-electron chi connectivity index (χ0n) is 44.0.